The van der Waals surface area contributed by atoms with Crippen LogP contribution in [0.5, 0.6) is 0 Å². The van der Waals surface area contributed by atoms with Gasteiger partial charge in [-0.2, -0.15) is 0 Å². The number of likely N-dealkylation sites (N-methyl/N-ethyl adjacent to an activating group) is 1. The van der Waals surface area contributed by atoms with Gasteiger partial charge in [-0.15, -0.1) is 11.3 Å². The van der Waals surface area contributed by atoms with Crippen molar-refractivity contribution in [1.29, 1.82) is 0 Å². The summed E-state index contributed by atoms with van der Waals surface area (Å²) >= 11 is 1.30. The molecule has 0 unspecified atom stereocenters. The number of halogens is 1. The molecule has 0 aliphatic heterocycles. The first-order chi connectivity index (χ1) is 11.9. The average molecular weight is 364 g/mol. The van der Waals surface area contributed by atoms with Crippen LogP contribution in [0.3, 0.4) is 0 Å². The maximum atomic E-state index is 13.4. The van der Waals surface area contributed by atoms with Crippen LogP contribution in [0.2, 0.25) is 0 Å². The van der Waals surface area contributed by atoms with Crippen molar-refractivity contribution in [3.8, 4) is 0 Å². The molecule has 1 aliphatic carbocycles. The minimum absolute atomic E-state index is 0.0306. The van der Waals surface area contributed by atoms with Gasteiger partial charge in [0.15, 0.2) is 0 Å². The number of carboxylic acids is 1. The molecular formula is C18H21FN2O3S. The predicted octanol–water partition coefficient (Wildman–Crippen LogP) is 3.02. The van der Waals surface area contributed by atoms with Gasteiger partial charge in [-0.3, -0.25) is 14.5 Å². The minimum Gasteiger partial charge on any atom is -0.480 e. The Labute approximate surface area is 149 Å². The van der Waals surface area contributed by atoms with Crippen LogP contribution in [0.15, 0.2) is 18.2 Å². The Morgan fingerprint density at radius 3 is 2.76 bits per heavy atom. The van der Waals surface area contributed by atoms with E-state index in [1.807, 2.05) is 18.7 Å². The van der Waals surface area contributed by atoms with Crippen LogP contribution in [0.25, 0.3) is 10.1 Å². The van der Waals surface area contributed by atoms with Crippen molar-refractivity contribution in [2.45, 2.75) is 38.8 Å². The van der Waals surface area contributed by atoms with Crippen molar-refractivity contribution >= 4 is 33.3 Å². The maximum Gasteiger partial charge on any atom is 0.317 e. The maximum absolute atomic E-state index is 13.4. The van der Waals surface area contributed by atoms with E-state index < -0.39 is 5.97 Å². The van der Waals surface area contributed by atoms with Crippen molar-refractivity contribution in [1.82, 2.24) is 10.2 Å². The molecular weight excluding hydrogens is 343 g/mol. The number of hydrogen-bond donors (Lipinski definition) is 2. The monoisotopic (exact) mass is 364 g/mol. The van der Waals surface area contributed by atoms with Gasteiger partial charge in [-0.05, 0) is 49.4 Å². The number of nitrogens with one attached hydrogen (secondary N) is 1. The van der Waals surface area contributed by atoms with E-state index in [2.05, 4.69) is 5.32 Å². The molecule has 1 heterocycles. The molecule has 2 aromatic rings. The molecule has 25 heavy (non-hydrogen) atoms. The fraction of sp³-hybridized carbons (Fsp3) is 0.444. The molecule has 1 aromatic heterocycles. The number of fused-ring (bicyclic) bond motifs is 1. The lowest BCUT2D eigenvalue weighted by Gasteiger charge is -2.42. The zero-order chi connectivity index (χ0) is 18.1. The zero-order valence-electron chi connectivity index (χ0n) is 14.2. The topological polar surface area (TPSA) is 69.6 Å². The molecule has 1 amide bonds. The van der Waals surface area contributed by atoms with Gasteiger partial charge in [0.1, 0.15) is 5.82 Å². The molecule has 0 spiro atoms. The molecule has 0 saturated heterocycles. The van der Waals surface area contributed by atoms with Crippen molar-refractivity contribution in [2.24, 2.45) is 0 Å². The lowest BCUT2D eigenvalue weighted by atomic mass is 9.85. The van der Waals surface area contributed by atoms with Crippen LogP contribution in [-0.2, 0) is 4.79 Å². The number of aliphatic carboxylic acids is 1. The Hall–Kier alpha value is -1.99. The second-order valence-electron chi connectivity index (χ2n) is 6.45. The third-order valence-electron chi connectivity index (χ3n) is 4.82. The molecule has 0 bridgehead atoms. The van der Waals surface area contributed by atoms with Crippen molar-refractivity contribution < 1.29 is 19.1 Å². The molecule has 1 fully saturated rings. The summed E-state index contributed by atoms with van der Waals surface area (Å²) in [5, 5.41) is 12.8. The largest absolute Gasteiger partial charge is 0.480 e. The number of rotatable bonds is 6. The van der Waals surface area contributed by atoms with E-state index in [4.69, 9.17) is 5.11 Å². The lowest BCUT2D eigenvalue weighted by Crippen LogP contribution is -2.54. The van der Waals surface area contributed by atoms with Crippen LogP contribution >= 0.6 is 11.3 Å². The van der Waals surface area contributed by atoms with E-state index in [0.717, 1.165) is 28.5 Å². The van der Waals surface area contributed by atoms with Gasteiger partial charge in [-0.25, -0.2) is 4.39 Å². The van der Waals surface area contributed by atoms with E-state index in [1.54, 1.807) is 6.07 Å². The normalized spacial score (nSPS) is 19.8. The zero-order valence-corrected chi connectivity index (χ0v) is 15.0. The summed E-state index contributed by atoms with van der Waals surface area (Å²) in [7, 11) is 0. The van der Waals surface area contributed by atoms with Gasteiger partial charge in [0, 0.05) is 16.8 Å². The fourth-order valence-electron chi connectivity index (χ4n) is 3.34. The van der Waals surface area contributed by atoms with E-state index in [0.29, 0.717) is 11.4 Å². The lowest BCUT2D eigenvalue weighted by molar-refractivity contribution is -0.139. The highest BCUT2D eigenvalue weighted by molar-refractivity contribution is 7.21. The number of thiophene rings is 1. The number of hydrogen-bond acceptors (Lipinski definition) is 4. The van der Waals surface area contributed by atoms with Crippen LogP contribution in [0.4, 0.5) is 4.39 Å². The Morgan fingerprint density at radius 1 is 1.40 bits per heavy atom. The summed E-state index contributed by atoms with van der Waals surface area (Å²) in [6.45, 7) is 4.52. The van der Waals surface area contributed by atoms with Gasteiger partial charge >= 0.3 is 5.97 Å². The van der Waals surface area contributed by atoms with E-state index in [-0.39, 0.29) is 30.4 Å². The van der Waals surface area contributed by atoms with Crippen LogP contribution in [-0.4, -0.2) is 47.1 Å². The molecule has 1 aromatic carbocycles. The Morgan fingerprint density at radius 2 is 2.12 bits per heavy atom. The van der Waals surface area contributed by atoms with E-state index in [9.17, 15) is 14.0 Å². The van der Waals surface area contributed by atoms with Crippen molar-refractivity contribution in [2.75, 3.05) is 13.1 Å². The summed E-state index contributed by atoms with van der Waals surface area (Å²) in [6, 6.07) is 4.82. The second kappa shape index (κ2) is 7.09. The first-order valence-corrected chi connectivity index (χ1v) is 9.16. The highest BCUT2D eigenvalue weighted by Crippen LogP contribution is 2.32. The molecule has 1 saturated carbocycles. The Kier molecular flexibility index (Phi) is 5.06. The summed E-state index contributed by atoms with van der Waals surface area (Å²) in [6.07, 6.45) is 1.51. The van der Waals surface area contributed by atoms with Crippen molar-refractivity contribution in [3.05, 3.63) is 34.5 Å². The van der Waals surface area contributed by atoms with Crippen LogP contribution in [0, 0.1) is 12.7 Å². The number of aryl methyl sites for hydroxylation is 1. The molecule has 0 radical (unpaired) electrons. The number of carboxylic acid groups (broad SMARTS) is 1. The van der Waals surface area contributed by atoms with E-state index >= 15 is 0 Å². The molecule has 2 N–H and O–H groups in total. The predicted molar refractivity (Wildman–Crippen MR) is 95.7 cm³/mol. The molecule has 0 atom stereocenters. The van der Waals surface area contributed by atoms with Gasteiger partial charge in [-0.1, -0.05) is 13.0 Å². The summed E-state index contributed by atoms with van der Waals surface area (Å²) in [4.78, 5) is 25.9. The third kappa shape index (κ3) is 3.67. The first-order valence-electron chi connectivity index (χ1n) is 8.34. The molecule has 5 nitrogen and oxygen atoms in total. The third-order valence-corrected chi connectivity index (χ3v) is 6.07. The Balaban J connectivity index is 1.63. The number of carbonyl (C=O) groups is 2. The number of nitrogens with zero attached hydrogens (tertiary/aromatic N) is 1. The molecule has 7 heteroatoms. The first kappa shape index (κ1) is 17.8. The molecule has 3 rings (SSSR count). The molecule has 134 valence electrons. The van der Waals surface area contributed by atoms with Gasteiger partial charge in [0.25, 0.3) is 5.91 Å². The smallest absolute Gasteiger partial charge is 0.317 e. The minimum atomic E-state index is -0.831. The van der Waals surface area contributed by atoms with Gasteiger partial charge < -0.3 is 10.4 Å². The van der Waals surface area contributed by atoms with Gasteiger partial charge in [0.2, 0.25) is 0 Å². The SMILES string of the molecule is CCN(CC(=O)O)C1CC(NC(=O)c2sc3cc(F)ccc3c2C)C1. The van der Waals surface area contributed by atoms with Crippen LogP contribution < -0.4 is 5.32 Å². The van der Waals surface area contributed by atoms with Crippen molar-refractivity contribution in [3.63, 3.8) is 0 Å². The summed E-state index contributed by atoms with van der Waals surface area (Å²) in [5.41, 5.74) is 0.870. The number of carbonyl (C=O) groups excluding carboxylic acids is 1. The van der Waals surface area contributed by atoms with E-state index in [1.165, 1.54) is 23.5 Å². The highest BCUT2D eigenvalue weighted by atomic mass is 32.1. The molecule has 1 aliphatic rings. The summed E-state index contributed by atoms with van der Waals surface area (Å²) < 4.78 is 14.1. The quantitative estimate of drug-likeness (QED) is 0.827. The highest BCUT2D eigenvalue weighted by Gasteiger charge is 2.35. The second-order valence-corrected chi connectivity index (χ2v) is 7.50. The number of benzene rings is 1. The van der Waals surface area contributed by atoms with Gasteiger partial charge in [0.05, 0.1) is 11.4 Å². The fourth-order valence-corrected chi connectivity index (χ4v) is 4.48. The van der Waals surface area contributed by atoms with Crippen LogP contribution in [0.1, 0.15) is 35.0 Å². The Bertz CT molecular complexity index is 814. The average Bonchev–Trinajstić information content (AvgIpc) is 2.84. The summed E-state index contributed by atoms with van der Waals surface area (Å²) in [5.74, 6) is -1.27. The number of amides is 1. The standard InChI is InChI=1S/C18H21FN2O3S/c1-3-21(9-16(22)23)13-7-12(8-13)20-18(24)17-10(2)14-5-4-11(19)6-15(14)25-17/h4-6,12-13H,3,7-9H2,1-2H3,(H,20,24)(H,22,23).